The SMILES string of the molecule is CNc1ccc([C@@H](c2ccc(C)c(Cn3ccnc3CC3CCCCCC3)c2)C(C)(C)C(=O)O)c(C)c1N=N. The van der Waals surface area contributed by atoms with Gasteiger partial charge in [0.25, 0.3) is 0 Å². The van der Waals surface area contributed by atoms with E-state index in [0.29, 0.717) is 18.2 Å². The van der Waals surface area contributed by atoms with E-state index < -0.39 is 17.3 Å². The van der Waals surface area contributed by atoms with Crippen LogP contribution < -0.4 is 5.32 Å². The van der Waals surface area contributed by atoms with Gasteiger partial charge in [-0.25, -0.2) is 10.5 Å². The van der Waals surface area contributed by atoms with E-state index in [9.17, 15) is 9.90 Å². The molecule has 0 amide bonds. The predicted molar refractivity (Wildman–Crippen MR) is 156 cm³/mol. The topological polar surface area (TPSA) is 103 Å². The van der Waals surface area contributed by atoms with Crippen molar-refractivity contribution in [3.63, 3.8) is 0 Å². The highest BCUT2D eigenvalue weighted by atomic mass is 16.4. The number of nitrogens with zero attached hydrogens (tertiary/aromatic N) is 3. The quantitative estimate of drug-likeness (QED) is 0.183. The molecule has 7 nitrogen and oxygen atoms in total. The summed E-state index contributed by atoms with van der Waals surface area (Å²) in [7, 11) is 1.80. The van der Waals surface area contributed by atoms with Crippen LogP contribution in [0.2, 0.25) is 0 Å². The first kappa shape index (κ1) is 28.5. The van der Waals surface area contributed by atoms with Crippen molar-refractivity contribution in [2.24, 2.45) is 16.4 Å². The summed E-state index contributed by atoms with van der Waals surface area (Å²) in [4.78, 5) is 17.3. The van der Waals surface area contributed by atoms with Gasteiger partial charge in [-0.2, -0.15) is 5.11 Å². The van der Waals surface area contributed by atoms with Gasteiger partial charge >= 0.3 is 5.97 Å². The van der Waals surface area contributed by atoms with Crippen LogP contribution in [0.4, 0.5) is 11.4 Å². The van der Waals surface area contributed by atoms with Crippen LogP contribution in [0, 0.1) is 30.7 Å². The maximum absolute atomic E-state index is 12.6. The highest BCUT2D eigenvalue weighted by Gasteiger charge is 2.40. The highest BCUT2D eigenvalue weighted by molar-refractivity contribution is 5.78. The summed E-state index contributed by atoms with van der Waals surface area (Å²) in [5, 5.41) is 17.2. The third-order valence-electron chi connectivity index (χ3n) is 8.73. The largest absolute Gasteiger partial charge is 0.481 e. The van der Waals surface area contributed by atoms with Crippen molar-refractivity contribution in [3.8, 4) is 0 Å². The van der Waals surface area contributed by atoms with Gasteiger partial charge in [-0.3, -0.25) is 4.79 Å². The zero-order chi connectivity index (χ0) is 28.2. The summed E-state index contributed by atoms with van der Waals surface area (Å²) in [6.07, 6.45) is 12.9. The fraction of sp³-hybridized carbons (Fsp3) is 0.500. The average Bonchev–Trinajstić information content (AvgIpc) is 3.17. The number of aliphatic carboxylic acids is 1. The molecule has 0 aliphatic heterocycles. The van der Waals surface area contributed by atoms with Crippen LogP contribution in [0.15, 0.2) is 47.8 Å². The molecule has 3 aromatic rings. The molecule has 2 aromatic carbocycles. The van der Waals surface area contributed by atoms with Gasteiger partial charge in [-0.05, 0) is 67.5 Å². The predicted octanol–water partition coefficient (Wildman–Crippen LogP) is 8.01. The van der Waals surface area contributed by atoms with Gasteiger partial charge < -0.3 is 15.0 Å². The Labute approximate surface area is 232 Å². The first-order valence-electron chi connectivity index (χ1n) is 14.2. The number of benzene rings is 2. The monoisotopic (exact) mass is 529 g/mol. The van der Waals surface area contributed by atoms with Crippen LogP contribution in [0.1, 0.15) is 91.9 Å². The average molecular weight is 530 g/mol. The normalized spacial score (nSPS) is 15.5. The van der Waals surface area contributed by atoms with Gasteiger partial charge in [0.15, 0.2) is 0 Å². The van der Waals surface area contributed by atoms with Gasteiger partial charge in [-0.1, -0.05) is 62.8 Å². The third kappa shape index (κ3) is 6.07. The Kier molecular flexibility index (Phi) is 8.88. The van der Waals surface area contributed by atoms with Crippen molar-refractivity contribution in [1.82, 2.24) is 9.55 Å². The maximum atomic E-state index is 12.6. The first-order valence-corrected chi connectivity index (χ1v) is 14.2. The molecule has 1 saturated carbocycles. The number of carboxylic acids is 1. The summed E-state index contributed by atoms with van der Waals surface area (Å²) >= 11 is 0. The first-order chi connectivity index (χ1) is 18.7. The summed E-state index contributed by atoms with van der Waals surface area (Å²) in [5.41, 5.74) is 12.9. The van der Waals surface area contributed by atoms with Crippen LogP contribution in [0.3, 0.4) is 0 Å². The number of hydrogen-bond acceptors (Lipinski definition) is 5. The summed E-state index contributed by atoms with van der Waals surface area (Å²) in [5.74, 6) is 0.543. The number of carboxylic acid groups (broad SMARTS) is 1. The Morgan fingerprint density at radius 1 is 1.18 bits per heavy atom. The van der Waals surface area contributed by atoms with E-state index >= 15 is 0 Å². The maximum Gasteiger partial charge on any atom is 0.310 e. The molecular formula is C32H43N5O2. The van der Waals surface area contributed by atoms with E-state index in [0.717, 1.165) is 40.2 Å². The second-order valence-corrected chi connectivity index (χ2v) is 11.7. The highest BCUT2D eigenvalue weighted by Crippen LogP contribution is 2.46. The fourth-order valence-corrected chi connectivity index (χ4v) is 6.21. The summed E-state index contributed by atoms with van der Waals surface area (Å²) in [6.45, 7) is 8.30. The fourth-order valence-electron chi connectivity index (χ4n) is 6.21. The smallest absolute Gasteiger partial charge is 0.310 e. The molecule has 3 N–H and O–H groups in total. The minimum Gasteiger partial charge on any atom is -0.481 e. The molecule has 1 aromatic heterocycles. The number of aromatic nitrogens is 2. The Morgan fingerprint density at radius 2 is 1.90 bits per heavy atom. The lowest BCUT2D eigenvalue weighted by molar-refractivity contribution is -0.147. The molecule has 0 saturated heterocycles. The van der Waals surface area contributed by atoms with Crippen molar-refractivity contribution < 1.29 is 9.90 Å². The van der Waals surface area contributed by atoms with E-state index in [1.165, 1.54) is 44.1 Å². The number of aryl methyl sites for hydroxylation is 1. The lowest BCUT2D eigenvalue weighted by atomic mass is 9.69. The molecule has 1 fully saturated rings. The Hall–Kier alpha value is -3.48. The van der Waals surface area contributed by atoms with Crippen molar-refractivity contribution in [3.05, 3.63) is 76.4 Å². The van der Waals surface area contributed by atoms with Crippen molar-refractivity contribution >= 4 is 17.3 Å². The molecule has 0 spiro atoms. The number of nitrogens with one attached hydrogen (secondary N) is 2. The molecule has 39 heavy (non-hydrogen) atoms. The third-order valence-corrected chi connectivity index (χ3v) is 8.73. The molecule has 1 aliphatic carbocycles. The van der Waals surface area contributed by atoms with Gasteiger partial charge in [0.05, 0.1) is 11.1 Å². The van der Waals surface area contributed by atoms with Crippen LogP contribution in [-0.2, 0) is 17.8 Å². The standard InChI is InChI=1S/C32H43N5O2/c1-21-12-13-24(19-25(21)20-37-17-16-35-28(37)18-23-10-8-6-7-9-11-23)29(32(3,4)31(38)39)26-14-15-27(34-5)30(36-33)22(26)2/h12-17,19,23,29,33-34H,6-11,18,20H2,1-5H3,(H,38,39)/t29-/m1/s1. The van der Waals surface area contributed by atoms with Crippen molar-refractivity contribution in [2.75, 3.05) is 12.4 Å². The van der Waals surface area contributed by atoms with Crippen LogP contribution >= 0.6 is 0 Å². The second-order valence-electron chi connectivity index (χ2n) is 11.7. The van der Waals surface area contributed by atoms with Crippen LogP contribution in [0.5, 0.6) is 0 Å². The van der Waals surface area contributed by atoms with E-state index in [2.05, 4.69) is 46.3 Å². The van der Waals surface area contributed by atoms with E-state index in [4.69, 9.17) is 10.5 Å². The lowest BCUT2D eigenvalue weighted by Gasteiger charge is -2.33. The van der Waals surface area contributed by atoms with Gasteiger partial charge in [0.1, 0.15) is 11.5 Å². The number of anilines is 1. The molecule has 208 valence electrons. The summed E-state index contributed by atoms with van der Waals surface area (Å²) < 4.78 is 2.26. The lowest BCUT2D eigenvalue weighted by Crippen LogP contribution is -2.32. The number of carbonyl (C=O) groups is 1. The Morgan fingerprint density at radius 3 is 2.54 bits per heavy atom. The second kappa shape index (κ2) is 12.1. The van der Waals surface area contributed by atoms with Crippen molar-refractivity contribution in [1.29, 1.82) is 5.53 Å². The van der Waals surface area contributed by atoms with Gasteiger partial charge in [0.2, 0.25) is 0 Å². The zero-order valence-electron chi connectivity index (χ0n) is 24.1. The van der Waals surface area contributed by atoms with Crippen LogP contribution in [0.25, 0.3) is 0 Å². The van der Waals surface area contributed by atoms with E-state index in [-0.39, 0.29) is 0 Å². The van der Waals surface area contributed by atoms with E-state index in [1.54, 1.807) is 20.9 Å². The van der Waals surface area contributed by atoms with E-state index in [1.807, 2.05) is 25.3 Å². The molecule has 1 aliphatic rings. The number of hydrogen-bond donors (Lipinski definition) is 3. The number of rotatable bonds is 10. The molecule has 1 atom stereocenters. The number of imidazole rings is 1. The molecule has 1 heterocycles. The van der Waals surface area contributed by atoms with Crippen LogP contribution in [-0.4, -0.2) is 27.7 Å². The molecule has 0 radical (unpaired) electrons. The Bertz CT molecular complexity index is 1320. The minimum atomic E-state index is -1.09. The molecule has 4 rings (SSSR count). The molecule has 0 bridgehead atoms. The minimum absolute atomic E-state index is 0.422. The van der Waals surface area contributed by atoms with Crippen molar-refractivity contribution in [2.45, 2.75) is 85.1 Å². The zero-order valence-corrected chi connectivity index (χ0v) is 24.1. The van der Waals surface area contributed by atoms with Gasteiger partial charge in [-0.15, -0.1) is 0 Å². The molecule has 0 unspecified atom stereocenters. The molecular weight excluding hydrogens is 486 g/mol. The molecule has 7 heteroatoms. The van der Waals surface area contributed by atoms with Gasteiger partial charge in [0, 0.05) is 38.3 Å². The summed E-state index contributed by atoms with van der Waals surface area (Å²) in [6, 6.07) is 10.2. The Balaban J connectivity index is 1.73.